The van der Waals surface area contributed by atoms with Crippen LogP contribution in [0.3, 0.4) is 0 Å². The number of benzene rings is 1. The van der Waals surface area contributed by atoms with Crippen molar-refractivity contribution in [2.75, 3.05) is 23.7 Å². The molecular weight excluding hydrogens is 338 g/mol. The molecule has 1 unspecified atom stereocenters. The zero-order chi connectivity index (χ0) is 17.3. The molecule has 7 heteroatoms. The minimum Gasteiger partial charge on any atom is -0.379 e. The minimum atomic E-state index is -3.38. The summed E-state index contributed by atoms with van der Waals surface area (Å²) < 4.78 is 34.5. The second-order valence-corrected chi connectivity index (χ2v) is 8.79. The quantitative estimate of drug-likeness (QED) is 0.857. The first-order valence-electron chi connectivity index (χ1n) is 8.79. The average Bonchev–Trinajstić information content (AvgIpc) is 3.32. The van der Waals surface area contributed by atoms with Crippen LogP contribution in [-0.4, -0.2) is 37.2 Å². The first-order chi connectivity index (χ1) is 12.1. The lowest BCUT2D eigenvalue weighted by atomic mass is 10.0. The predicted molar refractivity (Wildman–Crippen MR) is 96.1 cm³/mol. The zero-order valence-electron chi connectivity index (χ0n) is 14.1. The second-order valence-electron chi connectivity index (χ2n) is 6.95. The van der Waals surface area contributed by atoms with Gasteiger partial charge in [-0.2, -0.15) is 5.10 Å². The van der Waals surface area contributed by atoms with Crippen molar-refractivity contribution in [1.82, 2.24) is 9.78 Å². The van der Waals surface area contributed by atoms with E-state index >= 15 is 0 Å². The highest BCUT2D eigenvalue weighted by molar-refractivity contribution is 7.92. The van der Waals surface area contributed by atoms with Gasteiger partial charge in [-0.05, 0) is 42.7 Å². The maximum atomic E-state index is 12.4. The maximum absolute atomic E-state index is 12.4. The molecule has 1 aromatic carbocycles. The molecule has 0 bridgehead atoms. The van der Waals surface area contributed by atoms with Crippen LogP contribution in [-0.2, 0) is 27.6 Å². The molecule has 6 nitrogen and oxygen atoms in total. The maximum Gasteiger partial charge on any atom is 0.233 e. The monoisotopic (exact) mass is 361 g/mol. The van der Waals surface area contributed by atoms with Crippen LogP contribution in [0.4, 0.5) is 5.82 Å². The van der Waals surface area contributed by atoms with E-state index in [1.54, 1.807) is 10.7 Å². The van der Waals surface area contributed by atoms with Gasteiger partial charge in [-0.15, -0.1) is 0 Å². The molecule has 1 saturated heterocycles. The van der Waals surface area contributed by atoms with E-state index in [2.05, 4.69) is 22.0 Å². The van der Waals surface area contributed by atoms with Gasteiger partial charge in [0.15, 0.2) is 5.82 Å². The number of nitrogens with zero attached hydrogens (tertiary/aromatic N) is 2. The summed E-state index contributed by atoms with van der Waals surface area (Å²) in [6.07, 6.45) is 5.34. The third-order valence-electron chi connectivity index (χ3n) is 5.08. The Bertz CT molecular complexity index is 816. The van der Waals surface area contributed by atoms with E-state index in [1.807, 2.05) is 18.3 Å². The molecule has 1 aliphatic carbocycles. The van der Waals surface area contributed by atoms with Crippen molar-refractivity contribution in [2.45, 2.75) is 31.7 Å². The fourth-order valence-corrected chi connectivity index (χ4v) is 4.89. The summed E-state index contributed by atoms with van der Waals surface area (Å²) in [6, 6.07) is 10.3. The topological polar surface area (TPSA) is 73.2 Å². The average molecular weight is 361 g/mol. The molecule has 1 aliphatic heterocycles. The third-order valence-corrected chi connectivity index (χ3v) is 6.37. The van der Waals surface area contributed by atoms with Crippen molar-refractivity contribution < 1.29 is 13.2 Å². The van der Waals surface area contributed by atoms with Crippen molar-refractivity contribution in [2.24, 2.45) is 5.92 Å². The first-order valence-corrected chi connectivity index (χ1v) is 10.4. The molecule has 0 radical (unpaired) electrons. The second kappa shape index (κ2) is 6.80. The van der Waals surface area contributed by atoms with Gasteiger partial charge in [-0.3, -0.25) is 9.40 Å². The van der Waals surface area contributed by atoms with Crippen LogP contribution in [0, 0.1) is 5.92 Å². The van der Waals surface area contributed by atoms with Gasteiger partial charge in [0.2, 0.25) is 10.0 Å². The lowest BCUT2D eigenvalue weighted by molar-refractivity contribution is 0.184. The molecule has 25 heavy (non-hydrogen) atoms. The van der Waals surface area contributed by atoms with Crippen LogP contribution in [0.5, 0.6) is 0 Å². The molecule has 2 aromatic rings. The van der Waals surface area contributed by atoms with E-state index in [9.17, 15) is 8.42 Å². The van der Waals surface area contributed by atoms with Gasteiger partial charge in [-0.1, -0.05) is 24.3 Å². The Kier molecular flexibility index (Phi) is 4.52. The minimum absolute atomic E-state index is 0.130. The molecule has 1 N–H and O–H groups in total. The number of hydrogen-bond acceptors (Lipinski definition) is 4. The summed E-state index contributed by atoms with van der Waals surface area (Å²) in [7, 11) is -3.38. The van der Waals surface area contributed by atoms with Crippen molar-refractivity contribution >= 4 is 15.8 Å². The summed E-state index contributed by atoms with van der Waals surface area (Å²) in [5.74, 6) is 0.925. The van der Waals surface area contributed by atoms with Crippen molar-refractivity contribution in [3.63, 3.8) is 0 Å². The number of ether oxygens (including phenoxy) is 1. The lowest BCUT2D eigenvalue weighted by Crippen LogP contribution is -2.20. The van der Waals surface area contributed by atoms with Crippen LogP contribution in [0.25, 0.3) is 0 Å². The molecule has 0 spiro atoms. The highest BCUT2D eigenvalue weighted by Crippen LogP contribution is 2.29. The van der Waals surface area contributed by atoms with E-state index in [-0.39, 0.29) is 11.8 Å². The van der Waals surface area contributed by atoms with Gasteiger partial charge in [0.1, 0.15) is 0 Å². The lowest BCUT2D eigenvalue weighted by Gasteiger charge is -2.10. The summed E-state index contributed by atoms with van der Waals surface area (Å²) in [6.45, 7) is 1.37. The Balaban J connectivity index is 1.32. The van der Waals surface area contributed by atoms with Gasteiger partial charge in [0.05, 0.1) is 18.4 Å². The van der Waals surface area contributed by atoms with E-state index in [0.717, 1.165) is 25.9 Å². The SMILES string of the molecule is O=S(=O)(CCC1Cc2ccccc2C1)Nc1ccn(C2CCOC2)n1. The highest BCUT2D eigenvalue weighted by Gasteiger charge is 2.24. The van der Waals surface area contributed by atoms with Gasteiger partial charge >= 0.3 is 0 Å². The number of rotatable bonds is 6. The smallest absolute Gasteiger partial charge is 0.233 e. The molecule has 134 valence electrons. The Morgan fingerprint density at radius 2 is 1.96 bits per heavy atom. The van der Waals surface area contributed by atoms with Crippen molar-refractivity contribution in [3.05, 3.63) is 47.7 Å². The third kappa shape index (κ3) is 3.88. The van der Waals surface area contributed by atoms with E-state index in [1.165, 1.54) is 11.1 Å². The zero-order valence-corrected chi connectivity index (χ0v) is 14.9. The fraction of sp³-hybridized carbons (Fsp3) is 0.500. The van der Waals surface area contributed by atoms with E-state index < -0.39 is 10.0 Å². The summed E-state index contributed by atoms with van der Waals surface area (Å²) in [4.78, 5) is 0. The van der Waals surface area contributed by atoms with E-state index in [4.69, 9.17) is 4.74 Å². The first kappa shape index (κ1) is 16.6. The van der Waals surface area contributed by atoms with Gasteiger partial charge in [0, 0.05) is 18.9 Å². The Labute approximate surface area is 148 Å². The number of aromatic nitrogens is 2. The number of anilines is 1. The summed E-state index contributed by atoms with van der Waals surface area (Å²) in [5, 5.41) is 4.34. The van der Waals surface area contributed by atoms with Gasteiger partial charge in [-0.25, -0.2) is 8.42 Å². The Hall–Kier alpha value is -1.86. The van der Waals surface area contributed by atoms with Crippen LogP contribution < -0.4 is 4.72 Å². The number of fused-ring (bicyclic) bond motifs is 1. The van der Waals surface area contributed by atoms with Gasteiger partial charge in [0.25, 0.3) is 0 Å². The molecule has 0 saturated carbocycles. The molecule has 0 amide bonds. The molecule has 1 atom stereocenters. The summed E-state index contributed by atoms with van der Waals surface area (Å²) >= 11 is 0. The molecule has 1 fully saturated rings. The highest BCUT2D eigenvalue weighted by atomic mass is 32.2. The number of sulfonamides is 1. The molecular formula is C18H23N3O3S. The number of nitrogens with one attached hydrogen (secondary N) is 1. The van der Waals surface area contributed by atoms with E-state index in [0.29, 0.717) is 24.8 Å². The van der Waals surface area contributed by atoms with Crippen LogP contribution in [0.15, 0.2) is 36.5 Å². The van der Waals surface area contributed by atoms with Crippen LogP contribution >= 0.6 is 0 Å². The molecule has 2 aliphatic rings. The largest absolute Gasteiger partial charge is 0.379 e. The van der Waals surface area contributed by atoms with Crippen molar-refractivity contribution in [1.29, 1.82) is 0 Å². The Morgan fingerprint density at radius 3 is 2.64 bits per heavy atom. The molecule has 1 aromatic heterocycles. The van der Waals surface area contributed by atoms with Crippen LogP contribution in [0.1, 0.15) is 30.0 Å². The van der Waals surface area contributed by atoms with Gasteiger partial charge < -0.3 is 4.74 Å². The number of hydrogen-bond donors (Lipinski definition) is 1. The predicted octanol–water partition coefficient (Wildman–Crippen LogP) is 2.39. The van der Waals surface area contributed by atoms with Crippen molar-refractivity contribution in [3.8, 4) is 0 Å². The molecule has 2 heterocycles. The van der Waals surface area contributed by atoms with Crippen LogP contribution in [0.2, 0.25) is 0 Å². The normalized spacial score (nSPS) is 20.7. The standard InChI is InChI=1S/C18H23N3O3S/c22-25(23,10-7-14-11-15-3-1-2-4-16(15)12-14)20-18-5-8-21(19-18)17-6-9-24-13-17/h1-5,8,14,17H,6-7,9-13H2,(H,19,20). The summed E-state index contributed by atoms with van der Waals surface area (Å²) in [5.41, 5.74) is 2.71. The molecule has 4 rings (SSSR count). The Morgan fingerprint density at radius 1 is 1.20 bits per heavy atom. The fourth-order valence-electron chi connectivity index (χ4n) is 3.71.